The monoisotopic (exact) mass is 150 g/mol. The molecule has 0 aromatic heterocycles. The van der Waals surface area contributed by atoms with E-state index in [4.69, 9.17) is 0 Å². The molecule has 3 aliphatic rings. The average Bonchev–Trinajstić information content (AvgIpc) is 1.82. The van der Waals surface area contributed by atoms with Crippen molar-refractivity contribution in [3.8, 4) is 0 Å². The largest absolute Gasteiger partial charge is 0.392 e. The van der Waals surface area contributed by atoms with Crippen molar-refractivity contribution in [2.45, 2.75) is 25.4 Å². The van der Waals surface area contributed by atoms with Crippen molar-refractivity contribution in [1.29, 1.82) is 0 Å². The number of rotatable bonds is 0. The molecule has 0 aromatic carbocycles. The molecular formula is C10H14O. The lowest BCUT2D eigenvalue weighted by atomic mass is 9.64. The minimum atomic E-state index is -0.178. The third kappa shape index (κ3) is 0.951. The summed E-state index contributed by atoms with van der Waals surface area (Å²) >= 11 is 0. The van der Waals surface area contributed by atoms with Crippen LogP contribution in [0.1, 0.15) is 19.3 Å². The van der Waals surface area contributed by atoms with E-state index in [0.717, 1.165) is 19.3 Å². The van der Waals surface area contributed by atoms with Gasteiger partial charge in [0.1, 0.15) is 0 Å². The summed E-state index contributed by atoms with van der Waals surface area (Å²) in [7, 11) is 0. The van der Waals surface area contributed by atoms with Gasteiger partial charge in [-0.3, -0.25) is 0 Å². The van der Waals surface area contributed by atoms with Crippen LogP contribution in [0.2, 0.25) is 0 Å². The topological polar surface area (TPSA) is 20.2 Å². The third-order valence-electron chi connectivity index (χ3n) is 2.94. The van der Waals surface area contributed by atoms with Gasteiger partial charge in [-0.25, -0.2) is 0 Å². The molecule has 3 saturated carbocycles. The van der Waals surface area contributed by atoms with Crippen LogP contribution in [0.25, 0.3) is 0 Å². The summed E-state index contributed by atoms with van der Waals surface area (Å²) in [5.41, 5.74) is 2.40. The predicted octanol–water partition coefficient (Wildman–Crippen LogP) is 1.89. The number of aliphatic hydroxyl groups is 1. The Morgan fingerprint density at radius 2 is 1.73 bits per heavy atom. The number of aliphatic hydroxyl groups excluding tert-OH is 1. The lowest BCUT2D eigenvalue weighted by molar-refractivity contribution is 0.0655. The van der Waals surface area contributed by atoms with Crippen molar-refractivity contribution in [1.82, 2.24) is 0 Å². The Morgan fingerprint density at radius 1 is 1.18 bits per heavy atom. The smallest absolute Gasteiger partial charge is 0.0645 e. The van der Waals surface area contributed by atoms with E-state index in [1.165, 1.54) is 11.1 Å². The van der Waals surface area contributed by atoms with Crippen molar-refractivity contribution >= 4 is 0 Å². The van der Waals surface area contributed by atoms with Gasteiger partial charge in [0.25, 0.3) is 0 Å². The quantitative estimate of drug-likeness (QED) is 0.523. The first-order valence-corrected chi connectivity index (χ1v) is 4.22. The van der Waals surface area contributed by atoms with E-state index in [0.29, 0.717) is 5.92 Å². The molecule has 0 aliphatic heterocycles. The highest BCUT2D eigenvalue weighted by molar-refractivity contribution is 5.27. The van der Waals surface area contributed by atoms with Gasteiger partial charge in [-0.15, -0.1) is 0 Å². The average molecular weight is 150 g/mol. The first kappa shape index (κ1) is 7.11. The summed E-state index contributed by atoms with van der Waals surface area (Å²) < 4.78 is 0. The molecule has 0 radical (unpaired) electrons. The summed E-state index contributed by atoms with van der Waals surface area (Å²) in [5, 5.41) is 9.62. The van der Waals surface area contributed by atoms with E-state index in [1.54, 1.807) is 0 Å². The summed E-state index contributed by atoms with van der Waals surface area (Å²) in [6, 6.07) is 0. The Balaban J connectivity index is 2.30. The summed E-state index contributed by atoms with van der Waals surface area (Å²) in [4.78, 5) is 0. The van der Waals surface area contributed by atoms with Crippen LogP contribution < -0.4 is 0 Å². The number of hydrogen-bond acceptors (Lipinski definition) is 1. The Labute approximate surface area is 67.4 Å². The molecule has 11 heavy (non-hydrogen) atoms. The van der Waals surface area contributed by atoms with Gasteiger partial charge in [-0.05, 0) is 25.2 Å². The fourth-order valence-electron chi connectivity index (χ4n) is 2.54. The number of hydrogen-bond donors (Lipinski definition) is 1. The van der Waals surface area contributed by atoms with Crippen molar-refractivity contribution in [3.63, 3.8) is 0 Å². The minimum absolute atomic E-state index is 0.178. The highest BCUT2D eigenvalue weighted by atomic mass is 16.3. The molecule has 1 N–H and O–H groups in total. The molecule has 0 amide bonds. The van der Waals surface area contributed by atoms with Gasteiger partial charge in [-0.1, -0.05) is 24.3 Å². The zero-order valence-electron chi connectivity index (χ0n) is 6.71. The van der Waals surface area contributed by atoms with Crippen LogP contribution in [0.4, 0.5) is 0 Å². The van der Waals surface area contributed by atoms with Crippen LogP contribution >= 0.6 is 0 Å². The van der Waals surface area contributed by atoms with Gasteiger partial charge in [0, 0.05) is 5.92 Å². The second-order valence-corrected chi connectivity index (χ2v) is 3.87. The van der Waals surface area contributed by atoms with Crippen LogP contribution in [0.15, 0.2) is 24.3 Å². The van der Waals surface area contributed by atoms with Crippen LogP contribution in [-0.2, 0) is 0 Å². The summed E-state index contributed by atoms with van der Waals surface area (Å²) in [6.07, 6.45) is 3.01. The van der Waals surface area contributed by atoms with Crippen LogP contribution in [-0.4, -0.2) is 11.2 Å². The van der Waals surface area contributed by atoms with Crippen molar-refractivity contribution in [2.24, 2.45) is 11.8 Å². The maximum Gasteiger partial charge on any atom is 0.0645 e. The van der Waals surface area contributed by atoms with Gasteiger partial charge in [0.15, 0.2) is 0 Å². The van der Waals surface area contributed by atoms with Gasteiger partial charge in [0.2, 0.25) is 0 Å². The van der Waals surface area contributed by atoms with Crippen LogP contribution in [0, 0.1) is 11.8 Å². The zero-order valence-corrected chi connectivity index (χ0v) is 6.71. The second kappa shape index (κ2) is 2.21. The van der Waals surface area contributed by atoms with E-state index in [1.807, 2.05) is 0 Å². The van der Waals surface area contributed by atoms with E-state index in [9.17, 15) is 5.11 Å². The van der Waals surface area contributed by atoms with Crippen LogP contribution in [0.5, 0.6) is 0 Å². The first-order chi connectivity index (χ1) is 5.18. The maximum atomic E-state index is 9.62. The minimum Gasteiger partial charge on any atom is -0.392 e. The Hall–Kier alpha value is -0.560. The molecule has 3 aliphatic carbocycles. The highest BCUT2D eigenvalue weighted by Crippen LogP contribution is 2.46. The molecule has 1 heteroatoms. The molecule has 2 bridgehead atoms. The van der Waals surface area contributed by atoms with E-state index >= 15 is 0 Å². The zero-order chi connectivity index (χ0) is 8.01. The van der Waals surface area contributed by atoms with Gasteiger partial charge < -0.3 is 5.11 Å². The number of fused-ring (bicyclic) bond motifs is 3. The lowest BCUT2D eigenvalue weighted by Crippen LogP contribution is -2.37. The van der Waals surface area contributed by atoms with Crippen LogP contribution in [0.3, 0.4) is 0 Å². The lowest BCUT2D eigenvalue weighted by Gasteiger charge is -2.43. The van der Waals surface area contributed by atoms with E-state index in [-0.39, 0.29) is 12.0 Å². The molecular weight excluding hydrogens is 136 g/mol. The maximum absolute atomic E-state index is 9.62. The fourth-order valence-corrected chi connectivity index (χ4v) is 2.54. The summed E-state index contributed by atoms with van der Waals surface area (Å²) in [5.74, 6) is 0.856. The van der Waals surface area contributed by atoms with Gasteiger partial charge in [0.05, 0.1) is 6.10 Å². The molecule has 1 nitrogen and oxygen atoms in total. The Bertz CT molecular complexity index is 199. The SMILES string of the molecule is C=C1CC2CC(=C)C1C(O)C2. The fraction of sp³-hybridized carbons (Fsp3) is 0.600. The van der Waals surface area contributed by atoms with E-state index in [2.05, 4.69) is 13.2 Å². The van der Waals surface area contributed by atoms with Gasteiger partial charge >= 0.3 is 0 Å². The van der Waals surface area contributed by atoms with Crippen molar-refractivity contribution in [3.05, 3.63) is 24.3 Å². The second-order valence-electron chi connectivity index (χ2n) is 3.87. The first-order valence-electron chi connectivity index (χ1n) is 4.22. The Morgan fingerprint density at radius 3 is 2.00 bits per heavy atom. The normalized spacial score (nSPS) is 43.2. The molecule has 0 spiro atoms. The third-order valence-corrected chi connectivity index (χ3v) is 2.94. The van der Waals surface area contributed by atoms with Gasteiger partial charge in [-0.2, -0.15) is 0 Å². The summed E-state index contributed by atoms with van der Waals surface area (Å²) in [6.45, 7) is 7.95. The molecule has 1 atom stereocenters. The molecule has 0 heterocycles. The molecule has 60 valence electrons. The highest BCUT2D eigenvalue weighted by Gasteiger charge is 2.39. The van der Waals surface area contributed by atoms with Crippen molar-refractivity contribution in [2.75, 3.05) is 0 Å². The standard InChI is InChI=1S/C10H14O/c1-6-3-8-4-7(2)10(6)9(11)5-8/h8-11H,1-5H2. The molecule has 3 fully saturated rings. The molecule has 0 aromatic rings. The molecule has 1 unspecified atom stereocenters. The predicted molar refractivity (Wildman–Crippen MR) is 45.1 cm³/mol. The van der Waals surface area contributed by atoms with E-state index < -0.39 is 0 Å². The Kier molecular flexibility index (Phi) is 1.43. The molecule has 3 rings (SSSR count). The molecule has 0 saturated heterocycles. The van der Waals surface area contributed by atoms with Crippen molar-refractivity contribution < 1.29 is 5.11 Å².